The summed E-state index contributed by atoms with van der Waals surface area (Å²) in [6, 6.07) is 7.43. The number of carboxylic acids is 1. The van der Waals surface area contributed by atoms with E-state index in [0.29, 0.717) is 12.1 Å². The number of benzene rings is 1. The molecule has 162 valence electrons. The Balaban J connectivity index is 3.07. The van der Waals surface area contributed by atoms with Crippen molar-refractivity contribution in [1.82, 2.24) is 10.6 Å². The number of rotatable bonds is 12. The Morgan fingerprint density at radius 2 is 1.79 bits per heavy atom. The van der Waals surface area contributed by atoms with Gasteiger partial charge in [0.2, 0.25) is 5.91 Å². The van der Waals surface area contributed by atoms with Crippen LogP contribution >= 0.6 is 0 Å². The molecule has 0 aliphatic heterocycles. The van der Waals surface area contributed by atoms with Gasteiger partial charge in [0.25, 0.3) is 5.91 Å². The molecule has 0 radical (unpaired) electrons. The van der Waals surface area contributed by atoms with Crippen molar-refractivity contribution in [3.05, 3.63) is 30.3 Å². The number of amides is 2. The quantitative estimate of drug-likeness (QED) is 0.200. The lowest BCUT2D eigenvalue weighted by Crippen LogP contribution is -2.67. The monoisotopic (exact) mass is 408 g/mol. The van der Waals surface area contributed by atoms with E-state index in [1.165, 1.54) is 0 Å². The Morgan fingerprint density at radius 1 is 1.17 bits per heavy atom. The standard InChI is InChI=1S/C20H32N4O5/c1-4-5-9-12-20(21,24(29)15-10-7-6-8-11-15)19(28)23-17(14(2)3)18(27)22-13-16(25)26/h6-8,10-11,14,17,29H,4-5,9,12-13,21H2,1-3H3,(H,22,27)(H,23,28)(H,25,26). The molecule has 0 aromatic heterocycles. The van der Waals surface area contributed by atoms with Crippen LogP contribution in [0, 0.1) is 5.92 Å². The van der Waals surface area contributed by atoms with Crippen LogP contribution in [0.2, 0.25) is 0 Å². The minimum Gasteiger partial charge on any atom is -0.480 e. The van der Waals surface area contributed by atoms with E-state index in [2.05, 4.69) is 10.6 Å². The molecule has 2 atom stereocenters. The summed E-state index contributed by atoms with van der Waals surface area (Å²) in [6.07, 6.45) is 2.49. The first-order valence-electron chi connectivity index (χ1n) is 9.77. The summed E-state index contributed by atoms with van der Waals surface area (Å²) >= 11 is 0. The molecule has 0 heterocycles. The maximum atomic E-state index is 13.1. The van der Waals surface area contributed by atoms with E-state index < -0.39 is 36.0 Å². The van der Waals surface area contributed by atoms with Gasteiger partial charge in [-0.3, -0.25) is 25.3 Å². The Morgan fingerprint density at radius 3 is 2.31 bits per heavy atom. The third-order valence-corrected chi connectivity index (χ3v) is 4.58. The lowest BCUT2D eigenvalue weighted by Gasteiger charge is -2.38. The van der Waals surface area contributed by atoms with E-state index in [-0.39, 0.29) is 12.3 Å². The van der Waals surface area contributed by atoms with Crippen LogP contribution in [0.25, 0.3) is 0 Å². The highest BCUT2D eigenvalue weighted by molar-refractivity contribution is 5.94. The van der Waals surface area contributed by atoms with E-state index in [1.807, 2.05) is 6.92 Å². The van der Waals surface area contributed by atoms with Crippen LogP contribution in [0.15, 0.2) is 30.3 Å². The largest absolute Gasteiger partial charge is 0.480 e. The Hall–Kier alpha value is -2.65. The van der Waals surface area contributed by atoms with E-state index in [0.717, 1.165) is 17.9 Å². The second-order valence-electron chi connectivity index (χ2n) is 7.34. The topological polar surface area (TPSA) is 145 Å². The molecular formula is C20H32N4O5. The summed E-state index contributed by atoms with van der Waals surface area (Å²) in [6.45, 7) is 4.88. The number of hydrogen-bond acceptors (Lipinski definition) is 6. The van der Waals surface area contributed by atoms with Gasteiger partial charge in [0, 0.05) is 0 Å². The number of anilines is 1. The summed E-state index contributed by atoms with van der Waals surface area (Å²) in [7, 11) is 0. The van der Waals surface area contributed by atoms with Crippen LogP contribution in [0.1, 0.15) is 46.5 Å². The number of nitrogens with zero attached hydrogens (tertiary/aromatic N) is 1. The first-order valence-corrected chi connectivity index (χ1v) is 9.77. The fourth-order valence-electron chi connectivity index (χ4n) is 2.83. The van der Waals surface area contributed by atoms with Crippen molar-refractivity contribution in [2.75, 3.05) is 11.6 Å². The predicted molar refractivity (Wildman–Crippen MR) is 109 cm³/mol. The molecule has 6 N–H and O–H groups in total. The SMILES string of the molecule is CCCCCC(N)(C(=O)NC(C(=O)NCC(=O)O)C(C)C)N(O)c1ccccc1. The highest BCUT2D eigenvalue weighted by atomic mass is 16.5. The van der Waals surface area contributed by atoms with Gasteiger partial charge in [-0.05, 0) is 30.9 Å². The number of carbonyl (C=O) groups excluding carboxylic acids is 2. The van der Waals surface area contributed by atoms with Crippen molar-refractivity contribution >= 4 is 23.5 Å². The molecule has 0 aliphatic rings. The Labute approximate surface area is 171 Å². The third-order valence-electron chi connectivity index (χ3n) is 4.58. The fourth-order valence-corrected chi connectivity index (χ4v) is 2.83. The first kappa shape index (κ1) is 24.4. The Kier molecular flexibility index (Phi) is 9.57. The maximum Gasteiger partial charge on any atom is 0.322 e. The smallest absolute Gasteiger partial charge is 0.322 e. The second kappa shape index (κ2) is 11.4. The molecule has 0 fully saturated rings. The van der Waals surface area contributed by atoms with Crippen LogP contribution in [0.5, 0.6) is 0 Å². The van der Waals surface area contributed by atoms with Gasteiger partial charge in [-0.2, -0.15) is 0 Å². The zero-order valence-electron chi connectivity index (χ0n) is 17.2. The number of carboxylic acid groups (broad SMARTS) is 1. The molecule has 0 spiro atoms. The molecule has 0 aliphatic carbocycles. The molecule has 0 saturated heterocycles. The lowest BCUT2D eigenvalue weighted by molar-refractivity contribution is -0.139. The molecule has 2 unspecified atom stereocenters. The van der Waals surface area contributed by atoms with E-state index in [9.17, 15) is 19.6 Å². The van der Waals surface area contributed by atoms with Crippen molar-refractivity contribution in [2.45, 2.75) is 58.2 Å². The molecule has 0 bridgehead atoms. The minimum absolute atomic E-state index is 0.166. The molecular weight excluding hydrogens is 376 g/mol. The molecule has 29 heavy (non-hydrogen) atoms. The maximum absolute atomic E-state index is 13.1. The predicted octanol–water partition coefficient (Wildman–Crippen LogP) is 1.46. The van der Waals surface area contributed by atoms with Gasteiger partial charge >= 0.3 is 5.97 Å². The molecule has 1 rings (SSSR count). The average Bonchev–Trinajstić information content (AvgIpc) is 2.69. The van der Waals surface area contributed by atoms with E-state index >= 15 is 0 Å². The van der Waals surface area contributed by atoms with Crippen molar-refractivity contribution in [3.8, 4) is 0 Å². The normalized spacial score (nSPS) is 14.0. The van der Waals surface area contributed by atoms with Gasteiger partial charge in [-0.1, -0.05) is 51.8 Å². The van der Waals surface area contributed by atoms with Crippen molar-refractivity contribution in [3.63, 3.8) is 0 Å². The van der Waals surface area contributed by atoms with Gasteiger partial charge in [-0.25, -0.2) is 5.06 Å². The summed E-state index contributed by atoms with van der Waals surface area (Å²) < 4.78 is 0. The number of unbranched alkanes of at least 4 members (excludes halogenated alkanes) is 2. The lowest BCUT2D eigenvalue weighted by atomic mass is 9.97. The number of carbonyl (C=O) groups is 3. The van der Waals surface area contributed by atoms with Gasteiger partial charge < -0.3 is 15.7 Å². The van der Waals surface area contributed by atoms with Gasteiger partial charge in [0.1, 0.15) is 12.6 Å². The van der Waals surface area contributed by atoms with Crippen LogP contribution in [0.3, 0.4) is 0 Å². The van der Waals surface area contributed by atoms with E-state index in [1.54, 1.807) is 44.2 Å². The minimum atomic E-state index is -1.79. The number of nitrogens with two attached hydrogens (primary N) is 1. The number of hydroxylamine groups is 1. The zero-order valence-corrected chi connectivity index (χ0v) is 17.2. The van der Waals surface area contributed by atoms with Crippen LogP contribution in [-0.2, 0) is 14.4 Å². The second-order valence-corrected chi connectivity index (χ2v) is 7.34. The van der Waals surface area contributed by atoms with Crippen LogP contribution in [-0.4, -0.2) is 46.3 Å². The first-order chi connectivity index (χ1) is 13.6. The van der Waals surface area contributed by atoms with Crippen molar-refractivity contribution < 1.29 is 24.7 Å². The van der Waals surface area contributed by atoms with Crippen molar-refractivity contribution in [2.24, 2.45) is 11.7 Å². The summed E-state index contributed by atoms with van der Waals surface area (Å²) in [4.78, 5) is 36.2. The average molecular weight is 408 g/mol. The number of para-hydroxylation sites is 1. The molecule has 9 heteroatoms. The third kappa shape index (κ3) is 7.03. The number of nitrogens with one attached hydrogen (secondary N) is 2. The summed E-state index contributed by atoms with van der Waals surface area (Å²) in [5.74, 6) is -2.86. The highest BCUT2D eigenvalue weighted by Gasteiger charge is 2.42. The fraction of sp³-hybridized carbons (Fsp3) is 0.550. The van der Waals surface area contributed by atoms with Gasteiger partial charge in [-0.15, -0.1) is 0 Å². The summed E-state index contributed by atoms with van der Waals surface area (Å²) in [5, 5.41) is 25.1. The van der Waals surface area contributed by atoms with Crippen LogP contribution < -0.4 is 21.4 Å². The molecule has 1 aromatic rings. The molecule has 9 nitrogen and oxygen atoms in total. The van der Waals surface area contributed by atoms with E-state index in [4.69, 9.17) is 10.8 Å². The highest BCUT2D eigenvalue weighted by Crippen LogP contribution is 2.24. The number of hydrogen-bond donors (Lipinski definition) is 5. The summed E-state index contributed by atoms with van der Waals surface area (Å²) in [5.41, 5.74) is 4.92. The van der Waals surface area contributed by atoms with Crippen molar-refractivity contribution in [1.29, 1.82) is 0 Å². The molecule has 0 saturated carbocycles. The van der Waals surface area contributed by atoms with Gasteiger partial charge in [0.05, 0.1) is 5.69 Å². The van der Waals surface area contributed by atoms with Gasteiger partial charge in [0.15, 0.2) is 5.66 Å². The molecule has 1 aromatic carbocycles. The number of aliphatic carboxylic acids is 1. The van der Waals surface area contributed by atoms with Crippen LogP contribution in [0.4, 0.5) is 5.69 Å². The zero-order chi connectivity index (χ0) is 22.0. The molecule has 2 amide bonds. The Bertz CT molecular complexity index is 683.